The van der Waals surface area contributed by atoms with Gasteiger partial charge >= 0.3 is 5.97 Å². The average molecular weight is 425 g/mol. The first-order valence-electron chi connectivity index (χ1n) is 11.0. The molecular weight excluding hydrogens is 392 g/mol. The standard InChI is InChI=1S/C26H32O5/c1-19(2)26(28)31-17-16-30-25-18-22(10-13-24(25)21-6-4-3-5-7-21)20-8-11-23(12-9-20)29-15-14-27/h8-13,18,21,27H,1,3-7,14-17H2,2H3. The SMILES string of the molecule is C=C(C)C(=O)OCCOc1cc(-c2ccc(OCCO)cc2)ccc1C1CCCCC1. The van der Waals surface area contributed by atoms with Gasteiger partial charge in [-0.15, -0.1) is 0 Å². The predicted octanol–water partition coefficient (Wildman–Crippen LogP) is 5.27. The molecule has 2 aromatic carbocycles. The second-order valence-electron chi connectivity index (χ2n) is 7.95. The molecule has 0 saturated heterocycles. The molecule has 5 nitrogen and oxygen atoms in total. The van der Waals surface area contributed by atoms with Crippen molar-refractivity contribution in [2.24, 2.45) is 0 Å². The maximum Gasteiger partial charge on any atom is 0.333 e. The molecule has 0 atom stereocenters. The van der Waals surface area contributed by atoms with Crippen molar-refractivity contribution in [2.75, 3.05) is 26.4 Å². The van der Waals surface area contributed by atoms with Crippen molar-refractivity contribution in [3.63, 3.8) is 0 Å². The molecule has 0 aliphatic heterocycles. The fourth-order valence-corrected chi connectivity index (χ4v) is 3.91. The molecule has 166 valence electrons. The molecule has 0 spiro atoms. The summed E-state index contributed by atoms with van der Waals surface area (Å²) in [7, 11) is 0. The van der Waals surface area contributed by atoms with E-state index in [1.54, 1.807) is 6.92 Å². The lowest BCUT2D eigenvalue weighted by atomic mass is 9.83. The van der Waals surface area contributed by atoms with Crippen molar-refractivity contribution in [1.82, 2.24) is 0 Å². The van der Waals surface area contributed by atoms with Crippen LogP contribution in [0.5, 0.6) is 11.5 Å². The van der Waals surface area contributed by atoms with Crippen LogP contribution >= 0.6 is 0 Å². The number of hydrogen-bond acceptors (Lipinski definition) is 5. The highest BCUT2D eigenvalue weighted by Gasteiger charge is 2.20. The lowest BCUT2D eigenvalue weighted by Gasteiger charge is -2.25. The lowest BCUT2D eigenvalue weighted by molar-refractivity contribution is -0.139. The van der Waals surface area contributed by atoms with E-state index in [-0.39, 0.29) is 19.8 Å². The van der Waals surface area contributed by atoms with Crippen LogP contribution in [0.2, 0.25) is 0 Å². The molecule has 0 unspecified atom stereocenters. The minimum absolute atomic E-state index is 0.00718. The van der Waals surface area contributed by atoms with Crippen LogP contribution in [0.25, 0.3) is 11.1 Å². The molecule has 31 heavy (non-hydrogen) atoms. The van der Waals surface area contributed by atoms with Gasteiger partial charge in [0, 0.05) is 5.57 Å². The van der Waals surface area contributed by atoms with Crippen molar-refractivity contribution >= 4 is 5.97 Å². The van der Waals surface area contributed by atoms with Crippen molar-refractivity contribution in [3.05, 3.63) is 60.2 Å². The number of aliphatic hydroxyl groups is 1. The van der Waals surface area contributed by atoms with Gasteiger partial charge < -0.3 is 19.3 Å². The van der Waals surface area contributed by atoms with Gasteiger partial charge in [-0.25, -0.2) is 4.79 Å². The second kappa shape index (κ2) is 11.6. The summed E-state index contributed by atoms with van der Waals surface area (Å²) >= 11 is 0. The third-order valence-corrected chi connectivity index (χ3v) is 5.53. The molecule has 1 fully saturated rings. The normalized spacial score (nSPS) is 14.1. The summed E-state index contributed by atoms with van der Waals surface area (Å²) in [5.74, 6) is 1.70. The van der Waals surface area contributed by atoms with Crippen LogP contribution in [0.4, 0.5) is 0 Å². The van der Waals surface area contributed by atoms with E-state index < -0.39 is 5.97 Å². The van der Waals surface area contributed by atoms with E-state index in [1.807, 2.05) is 24.3 Å². The quantitative estimate of drug-likeness (QED) is 0.320. The van der Waals surface area contributed by atoms with Gasteiger partial charge in [0.15, 0.2) is 0 Å². The van der Waals surface area contributed by atoms with E-state index in [4.69, 9.17) is 19.3 Å². The number of esters is 1. The van der Waals surface area contributed by atoms with Crippen LogP contribution in [-0.2, 0) is 9.53 Å². The first-order chi connectivity index (χ1) is 15.1. The maximum atomic E-state index is 11.6. The Kier molecular flexibility index (Phi) is 8.53. The van der Waals surface area contributed by atoms with Gasteiger partial charge in [-0.1, -0.05) is 50.1 Å². The molecule has 0 heterocycles. The topological polar surface area (TPSA) is 65.0 Å². The van der Waals surface area contributed by atoms with Crippen LogP contribution in [0, 0.1) is 0 Å². The zero-order chi connectivity index (χ0) is 22.1. The highest BCUT2D eigenvalue weighted by atomic mass is 16.6. The summed E-state index contributed by atoms with van der Waals surface area (Å²) in [6.45, 7) is 6.00. The molecule has 1 aliphatic carbocycles. The second-order valence-corrected chi connectivity index (χ2v) is 7.95. The minimum Gasteiger partial charge on any atom is -0.491 e. The van der Waals surface area contributed by atoms with Crippen molar-refractivity contribution < 1.29 is 24.1 Å². The van der Waals surface area contributed by atoms with Crippen LogP contribution in [-0.4, -0.2) is 37.5 Å². The number of rotatable bonds is 10. The maximum absolute atomic E-state index is 11.6. The number of carbonyl (C=O) groups excluding carboxylic acids is 1. The highest BCUT2D eigenvalue weighted by Crippen LogP contribution is 2.39. The Morgan fingerprint density at radius 2 is 1.68 bits per heavy atom. The van der Waals surface area contributed by atoms with E-state index in [1.165, 1.54) is 37.7 Å². The Morgan fingerprint density at radius 1 is 0.968 bits per heavy atom. The predicted molar refractivity (Wildman–Crippen MR) is 122 cm³/mol. The van der Waals surface area contributed by atoms with Crippen LogP contribution in [0.3, 0.4) is 0 Å². The van der Waals surface area contributed by atoms with Crippen LogP contribution < -0.4 is 9.47 Å². The van der Waals surface area contributed by atoms with Crippen molar-refractivity contribution in [3.8, 4) is 22.6 Å². The van der Waals surface area contributed by atoms with Crippen molar-refractivity contribution in [2.45, 2.75) is 44.9 Å². The summed E-state index contributed by atoms with van der Waals surface area (Å²) in [4.78, 5) is 11.6. The van der Waals surface area contributed by atoms with Gasteiger partial charge in [0.05, 0.1) is 6.61 Å². The zero-order valence-electron chi connectivity index (χ0n) is 18.3. The summed E-state index contributed by atoms with van der Waals surface area (Å²) in [5.41, 5.74) is 3.74. The summed E-state index contributed by atoms with van der Waals surface area (Å²) in [5, 5.41) is 8.90. The van der Waals surface area contributed by atoms with Gasteiger partial charge in [-0.05, 0) is 60.6 Å². The smallest absolute Gasteiger partial charge is 0.333 e. The van der Waals surface area contributed by atoms with E-state index >= 15 is 0 Å². The summed E-state index contributed by atoms with van der Waals surface area (Å²) in [6.07, 6.45) is 6.15. The largest absolute Gasteiger partial charge is 0.491 e. The van der Waals surface area contributed by atoms with E-state index in [0.29, 0.717) is 18.1 Å². The lowest BCUT2D eigenvalue weighted by Crippen LogP contribution is -2.14. The molecule has 2 aromatic rings. The Labute approximate surface area is 184 Å². The molecule has 5 heteroatoms. The third kappa shape index (κ3) is 6.59. The zero-order valence-corrected chi connectivity index (χ0v) is 18.3. The molecule has 0 aromatic heterocycles. The Morgan fingerprint density at radius 3 is 2.35 bits per heavy atom. The van der Waals surface area contributed by atoms with E-state index in [2.05, 4.69) is 24.8 Å². The number of carbonyl (C=O) groups is 1. The molecule has 1 N–H and O–H groups in total. The number of ether oxygens (including phenoxy) is 3. The number of hydrogen-bond donors (Lipinski definition) is 1. The molecule has 1 aliphatic rings. The fraction of sp³-hybridized carbons (Fsp3) is 0.423. The molecular formula is C26H32O5. The monoisotopic (exact) mass is 424 g/mol. The van der Waals surface area contributed by atoms with E-state index in [0.717, 1.165) is 22.6 Å². The van der Waals surface area contributed by atoms with E-state index in [9.17, 15) is 4.79 Å². The van der Waals surface area contributed by atoms with Gasteiger partial charge in [0.25, 0.3) is 0 Å². The highest BCUT2D eigenvalue weighted by molar-refractivity contribution is 5.86. The summed E-state index contributed by atoms with van der Waals surface area (Å²) < 4.78 is 16.7. The van der Waals surface area contributed by atoms with Crippen LogP contribution in [0.15, 0.2) is 54.6 Å². The molecule has 0 radical (unpaired) electrons. The Hall–Kier alpha value is -2.79. The molecule has 1 saturated carbocycles. The van der Waals surface area contributed by atoms with Gasteiger partial charge in [0.1, 0.15) is 31.3 Å². The minimum atomic E-state index is -0.395. The molecule has 0 bridgehead atoms. The van der Waals surface area contributed by atoms with Gasteiger partial charge in [0.2, 0.25) is 0 Å². The Bertz CT molecular complexity index is 866. The molecule has 3 rings (SSSR count). The fourth-order valence-electron chi connectivity index (χ4n) is 3.91. The van der Waals surface area contributed by atoms with Gasteiger partial charge in [-0.2, -0.15) is 0 Å². The first kappa shape index (κ1) is 22.9. The first-order valence-corrected chi connectivity index (χ1v) is 11.0. The molecule has 0 amide bonds. The van der Waals surface area contributed by atoms with Gasteiger partial charge in [-0.3, -0.25) is 0 Å². The van der Waals surface area contributed by atoms with Crippen LogP contribution in [0.1, 0.15) is 50.5 Å². The average Bonchev–Trinajstić information content (AvgIpc) is 2.81. The number of aliphatic hydroxyl groups excluding tert-OH is 1. The Balaban J connectivity index is 1.75. The number of benzene rings is 2. The summed E-state index contributed by atoms with van der Waals surface area (Å²) in [6, 6.07) is 14.2. The third-order valence-electron chi connectivity index (χ3n) is 5.53. The van der Waals surface area contributed by atoms with Crippen molar-refractivity contribution in [1.29, 1.82) is 0 Å².